The molecule has 0 saturated heterocycles. The average Bonchev–Trinajstić information content (AvgIpc) is 2.43. The van der Waals surface area contributed by atoms with Crippen molar-refractivity contribution in [1.82, 2.24) is 0 Å². The maximum Gasteiger partial charge on any atom is 0.00951 e. The molecule has 0 aliphatic heterocycles. The third-order valence-electron chi connectivity index (χ3n) is 4.25. The highest BCUT2D eigenvalue weighted by atomic mass is 14.3. The van der Waals surface area contributed by atoms with Gasteiger partial charge in [-0.2, -0.15) is 0 Å². The van der Waals surface area contributed by atoms with Gasteiger partial charge < -0.3 is 0 Å². The van der Waals surface area contributed by atoms with Gasteiger partial charge in [-0.25, -0.2) is 0 Å². The Bertz CT molecular complexity index is 506. The second kappa shape index (κ2) is 4.61. The highest BCUT2D eigenvalue weighted by molar-refractivity contribution is 5.52. The van der Waals surface area contributed by atoms with Gasteiger partial charge in [-0.15, -0.1) is 0 Å². The van der Waals surface area contributed by atoms with E-state index in [0.717, 1.165) is 0 Å². The van der Waals surface area contributed by atoms with E-state index < -0.39 is 0 Å². The van der Waals surface area contributed by atoms with Crippen molar-refractivity contribution in [3.05, 3.63) is 70.8 Å². The first-order valence-electron chi connectivity index (χ1n) is 7.00. The molecule has 0 nitrogen and oxygen atoms in total. The molecule has 0 unspecified atom stereocenters. The molecule has 18 heavy (non-hydrogen) atoms. The van der Waals surface area contributed by atoms with Gasteiger partial charge in [0.15, 0.2) is 0 Å². The van der Waals surface area contributed by atoms with E-state index in [0.29, 0.717) is 11.8 Å². The molecule has 1 aliphatic rings. The Hall–Kier alpha value is -1.56. The van der Waals surface area contributed by atoms with Crippen molar-refractivity contribution in [3.8, 4) is 0 Å². The molecule has 3 rings (SSSR count). The summed E-state index contributed by atoms with van der Waals surface area (Å²) in [5, 5.41) is 0. The Morgan fingerprint density at radius 1 is 0.778 bits per heavy atom. The number of rotatable bonds is 2. The van der Waals surface area contributed by atoms with Crippen molar-refractivity contribution in [3.63, 3.8) is 0 Å². The molecule has 0 atom stereocenters. The third-order valence-corrected chi connectivity index (χ3v) is 4.25. The van der Waals surface area contributed by atoms with Crippen molar-refractivity contribution in [2.75, 3.05) is 0 Å². The zero-order valence-electron chi connectivity index (χ0n) is 11.2. The van der Waals surface area contributed by atoms with Gasteiger partial charge in [0.05, 0.1) is 0 Å². The van der Waals surface area contributed by atoms with Crippen molar-refractivity contribution in [1.29, 1.82) is 0 Å². The molecule has 0 heterocycles. The molecule has 92 valence electrons. The molecule has 0 radical (unpaired) electrons. The van der Waals surface area contributed by atoms with Crippen LogP contribution >= 0.6 is 0 Å². The van der Waals surface area contributed by atoms with Crippen LogP contribution in [0.2, 0.25) is 0 Å². The monoisotopic (exact) mass is 236 g/mol. The maximum absolute atomic E-state index is 2.33. The molecular weight excluding hydrogens is 216 g/mol. The Kier molecular flexibility index (Phi) is 2.95. The van der Waals surface area contributed by atoms with Crippen LogP contribution in [0.1, 0.15) is 60.8 Å². The summed E-state index contributed by atoms with van der Waals surface area (Å²) in [5.74, 6) is 1.13. The zero-order chi connectivity index (χ0) is 12.5. The molecule has 0 spiro atoms. The fraction of sp³-hybridized carbons (Fsp3) is 0.333. The summed E-state index contributed by atoms with van der Waals surface area (Å²) in [5.41, 5.74) is 6.14. The van der Waals surface area contributed by atoms with Gasteiger partial charge in [-0.05, 0) is 28.7 Å². The lowest BCUT2D eigenvalue weighted by atomic mass is 9.72. The summed E-state index contributed by atoms with van der Waals surface area (Å²) in [6, 6.07) is 18.0. The van der Waals surface area contributed by atoms with Crippen LogP contribution in [0.25, 0.3) is 0 Å². The zero-order valence-corrected chi connectivity index (χ0v) is 11.2. The normalized spacial score (nSPS) is 21.2. The molecule has 1 aliphatic carbocycles. The highest BCUT2D eigenvalue weighted by Crippen LogP contribution is 2.44. The van der Waals surface area contributed by atoms with Crippen molar-refractivity contribution >= 4 is 0 Å². The molecule has 0 heteroatoms. The van der Waals surface area contributed by atoms with Crippen LogP contribution in [0.15, 0.2) is 48.5 Å². The van der Waals surface area contributed by atoms with Gasteiger partial charge in [0, 0.05) is 11.8 Å². The topological polar surface area (TPSA) is 0 Å². The van der Waals surface area contributed by atoms with E-state index >= 15 is 0 Å². The van der Waals surface area contributed by atoms with Crippen LogP contribution in [-0.2, 0) is 0 Å². The van der Waals surface area contributed by atoms with Crippen LogP contribution < -0.4 is 0 Å². The first-order valence-corrected chi connectivity index (χ1v) is 7.00. The van der Waals surface area contributed by atoms with Crippen LogP contribution in [0.4, 0.5) is 0 Å². The molecule has 0 amide bonds. The lowest BCUT2D eigenvalue weighted by molar-refractivity contribution is 0.654. The fourth-order valence-corrected chi connectivity index (χ4v) is 3.38. The van der Waals surface area contributed by atoms with Crippen LogP contribution in [0.5, 0.6) is 0 Å². The highest BCUT2D eigenvalue weighted by Gasteiger charge is 2.28. The van der Waals surface area contributed by atoms with Crippen LogP contribution in [-0.4, -0.2) is 0 Å². The lowest BCUT2D eigenvalue weighted by Gasteiger charge is -2.32. The van der Waals surface area contributed by atoms with Gasteiger partial charge in [0.1, 0.15) is 0 Å². The second-order valence-electron chi connectivity index (χ2n) is 5.32. The van der Waals surface area contributed by atoms with E-state index in [1.165, 1.54) is 24.0 Å². The minimum Gasteiger partial charge on any atom is -0.0653 e. The first kappa shape index (κ1) is 11.5. The molecule has 0 saturated carbocycles. The summed E-state index contributed by atoms with van der Waals surface area (Å²) >= 11 is 0. The summed E-state index contributed by atoms with van der Waals surface area (Å²) in [6.07, 6.45) is 2.49. The van der Waals surface area contributed by atoms with Crippen molar-refractivity contribution in [2.45, 2.75) is 38.5 Å². The number of hydrogen-bond donors (Lipinski definition) is 0. The Morgan fingerprint density at radius 2 is 1.22 bits per heavy atom. The van der Waals surface area contributed by atoms with E-state index in [1.807, 2.05) is 0 Å². The maximum atomic E-state index is 2.33. The smallest absolute Gasteiger partial charge is 0.00951 e. The van der Waals surface area contributed by atoms with Gasteiger partial charge in [-0.3, -0.25) is 0 Å². The minimum absolute atomic E-state index is 0.533. The summed E-state index contributed by atoms with van der Waals surface area (Å²) in [7, 11) is 0. The average molecular weight is 236 g/mol. The van der Waals surface area contributed by atoms with Crippen LogP contribution in [0, 0.1) is 0 Å². The Morgan fingerprint density at radius 3 is 1.67 bits per heavy atom. The largest absolute Gasteiger partial charge is 0.0653 e. The molecule has 0 aromatic heterocycles. The van der Waals surface area contributed by atoms with Crippen LogP contribution in [0.3, 0.4) is 0 Å². The lowest BCUT2D eigenvalue weighted by Crippen LogP contribution is -2.16. The quantitative estimate of drug-likeness (QED) is 0.681. The van der Waals surface area contributed by atoms with E-state index in [2.05, 4.69) is 62.4 Å². The Balaban J connectivity index is 2.20. The van der Waals surface area contributed by atoms with E-state index in [4.69, 9.17) is 0 Å². The molecule has 2 aromatic rings. The molecule has 0 bridgehead atoms. The van der Waals surface area contributed by atoms with Crippen molar-refractivity contribution in [2.24, 2.45) is 0 Å². The summed E-state index contributed by atoms with van der Waals surface area (Å²) in [4.78, 5) is 0. The summed E-state index contributed by atoms with van der Waals surface area (Å²) in [6.45, 7) is 4.61. The number of hydrogen-bond acceptors (Lipinski definition) is 0. The predicted octanol–water partition coefficient (Wildman–Crippen LogP) is 5.08. The summed E-state index contributed by atoms with van der Waals surface area (Å²) < 4.78 is 0. The van der Waals surface area contributed by atoms with Gasteiger partial charge in [0.25, 0.3) is 0 Å². The molecule has 2 aromatic carbocycles. The SMILES string of the molecule is CCCC1c2ccccc2C(C)c2ccccc21. The van der Waals surface area contributed by atoms with Gasteiger partial charge in [-0.1, -0.05) is 68.8 Å². The van der Waals surface area contributed by atoms with E-state index in [1.54, 1.807) is 11.1 Å². The Labute approximate surface area is 110 Å². The third kappa shape index (κ3) is 1.68. The van der Waals surface area contributed by atoms with E-state index in [9.17, 15) is 0 Å². The predicted molar refractivity (Wildman–Crippen MR) is 77.2 cm³/mol. The second-order valence-corrected chi connectivity index (χ2v) is 5.32. The number of fused-ring (bicyclic) bond motifs is 2. The number of benzene rings is 2. The molecule has 0 N–H and O–H groups in total. The minimum atomic E-state index is 0.533. The van der Waals surface area contributed by atoms with E-state index in [-0.39, 0.29) is 0 Å². The van der Waals surface area contributed by atoms with Crippen molar-refractivity contribution < 1.29 is 0 Å². The standard InChI is InChI=1S/C18H20/c1-3-8-16-17-11-6-4-9-14(17)13(2)15-10-5-7-12-18(15)16/h4-7,9-13,16H,3,8H2,1-2H3. The fourth-order valence-electron chi connectivity index (χ4n) is 3.38. The first-order chi connectivity index (χ1) is 8.83. The van der Waals surface area contributed by atoms with Gasteiger partial charge >= 0.3 is 0 Å². The van der Waals surface area contributed by atoms with Gasteiger partial charge in [0.2, 0.25) is 0 Å². The molecular formula is C18H20. The molecule has 0 fully saturated rings.